The Kier molecular flexibility index (Phi) is 6.24. The maximum Gasteiger partial charge on any atom is 0.255 e. The van der Waals surface area contributed by atoms with Crippen molar-refractivity contribution in [1.82, 2.24) is 5.32 Å². The molecule has 4 nitrogen and oxygen atoms in total. The molecule has 2 rings (SSSR count). The second-order valence-corrected chi connectivity index (χ2v) is 5.87. The predicted molar refractivity (Wildman–Crippen MR) is 95.7 cm³/mol. The van der Waals surface area contributed by atoms with Gasteiger partial charge in [-0.3, -0.25) is 4.79 Å². The van der Waals surface area contributed by atoms with Crippen molar-refractivity contribution >= 4 is 5.91 Å². The molecule has 0 aliphatic heterocycles. The largest absolute Gasteiger partial charge is 0.497 e. The third-order valence-electron chi connectivity index (χ3n) is 3.73. The molecular formula is C20H25NO3. The second kappa shape index (κ2) is 8.39. The van der Waals surface area contributed by atoms with Gasteiger partial charge in [0.15, 0.2) is 0 Å². The van der Waals surface area contributed by atoms with Crippen molar-refractivity contribution in [1.29, 1.82) is 0 Å². The van der Waals surface area contributed by atoms with E-state index < -0.39 is 0 Å². The molecule has 128 valence electrons. The Labute approximate surface area is 143 Å². The third kappa shape index (κ3) is 4.51. The molecule has 2 aromatic carbocycles. The first kappa shape index (κ1) is 17.9. The monoisotopic (exact) mass is 327 g/mol. The van der Waals surface area contributed by atoms with Gasteiger partial charge in [0, 0.05) is 0 Å². The number of methoxy groups -OCH3 is 1. The first-order chi connectivity index (χ1) is 11.5. The normalized spacial score (nSPS) is 11.9. The number of carbonyl (C=O) groups excluding carboxylic acids is 1. The molecule has 0 saturated heterocycles. The van der Waals surface area contributed by atoms with Gasteiger partial charge in [0.05, 0.1) is 24.8 Å². The van der Waals surface area contributed by atoms with Gasteiger partial charge in [-0.2, -0.15) is 0 Å². The van der Waals surface area contributed by atoms with Crippen molar-refractivity contribution in [3.63, 3.8) is 0 Å². The molecule has 0 radical (unpaired) electrons. The molecule has 1 N–H and O–H groups in total. The molecule has 1 atom stereocenters. The van der Waals surface area contributed by atoms with Crippen molar-refractivity contribution < 1.29 is 14.3 Å². The van der Waals surface area contributed by atoms with Gasteiger partial charge in [-0.05, 0) is 50.1 Å². The molecule has 0 aromatic heterocycles. The lowest BCUT2D eigenvalue weighted by Gasteiger charge is -2.19. The third-order valence-corrected chi connectivity index (χ3v) is 3.73. The molecule has 0 aliphatic rings. The van der Waals surface area contributed by atoms with Crippen LogP contribution >= 0.6 is 0 Å². The van der Waals surface area contributed by atoms with Crippen LogP contribution in [0.15, 0.2) is 48.5 Å². The minimum Gasteiger partial charge on any atom is -0.497 e. The van der Waals surface area contributed by atoms with Crippen LogP contribution in [0, 0.1) is 0 Å². The Balaban J connectivity index is 2.17. The van der Waals surface area contributed by atoms with E-state index in [-0.39, 0.29) is 18.1 Å². The van der Waals surface area contributed by atoms with Gasteiger partial charge in [0.25, 0.3) is 5.91 Å². The maximum absolute atomic E-state index is 12.7. The molecule has 0 saturated carbocycles. The van der Waals surface area contributed by atoms with Crippen molar-refractivity contribution in [2.75, 3.05) is 7.11 Å². The highest BCUT2D eigenvalue weighted by atomic mass is 16.5. The highest BCUT2D eigenvalue weighted by molar-refractivity contribution is 5.97. The summed E-state index contributed by atoms with van der Waals surface area (Å²) in [4.78, 5) is 12.7. The van der Waals surface area contributed by atoms with Gasteiger partial charge in [0.2, 0.25) is 0 Å². The lowest BCUT2D eigenvalue weighted by molar-refractivity contribution is 0.0929. The summed E-state index contributed by atoms with van der Waals surface area (Å²) in [6, 6.07) is 15.0. The average molecular weight is 327 g/mol. The summed E-state index contributed by atoms with van der Waals surface area (Å²) >= 11 is 0. The molecule has 0 bridgehead atoms. The number of para-hydroxylation sites is 1. The Morgan fingerprint density at radius 2 is 1.75 bits per heavy atom. The smallest absolute Gasteiger partial charge is 0.255 e. The van der Waals surface area contributed by atoms with Crippen LogP contribution in [0.4, 0.5) is 0 Å². The number of ether oxygens (including phenoxy) is 2. The van der Waals surface area contributed by atoms with E-state index in [1.54, 1.807) is 13.2 Å². The fraction of sp³-hybridized carbons (Fsp3) is 0.350. The molecule has 0 fully saturated rings. The molecule has 0 aliphatic carbocycles. The topological polar surface area (TPSA) is 47.6 Å². The highest BCUT2D eigenvalue weighted by Crippen LogP contribution is 2.23. The van der Waals surface area contributed by atoms with Crippen molar-refractivity contribution in [2.45, 2.75) is 39.3 Å². The summed E-state index contributed by atoms with van der Waals surface area (Å²) in [6.07, 6.45) is 0.813. The van der Waals surface area contributed by atoms with Crippen LogP contribution in [0.2, 0.25) is 0 Å². The highest BCUT2D eigenvalue weighted by Gasteiger charge is 2.17. The number of hydrogen-bond donors (Lipinski definition) is 1. The van der Waals surface area contributed by atoms with E-state index in [0.717, 1.165) is 17.7 Å². The van der Waals surface area contributed by atoms with E-state index in [1.165, 1.54) is 0 Å². The van der Waals surface area contributed by atoms with Crippen LogP contribution in [0.25, 0.3) is 0 Å². The molecule has 24 heavy (non-hydrogen) atoms. The zero-order chi connectivity index (χ0) is 17.5. The van der Waals surface area contributed by atoms with Crippen LogP contribution in [0.5, 0.6) is 11.5 Å². The molecule has 1 unspecified atom stereocenters. The van der Waals surface area contributed by atoms with E-state index >= 15 is 0 Å². The van der Waals surface area contributed by atoms with E-state index in [9.17, 15) is 4.79 Å². The standard InChI is InChI=1S/C20H25NO3/c1-5-18(15-10-12-16(23-4)13-11-15)21-20(22)17-8-6-7-9-19(17)24-14(2)3/h6-14,18H,5H2,1-4H3,(H,21,22). The number of amides is 1. The van der Waals surface area contributed by atoms with Gasteiger partial charge >= 0.3 is 0 Å². The van der Waals surface area contributed by atoms with Crippen LogP contribution < -0.4 is 14.8 Å². The first-order valence-corrected chi connectivity index (χ1v) is 8.25. The molecule has 0 heterocycles. The van der Waals surface area contributed by atoms with Crippen LogP contribution in [0.1, 0.15) is 49.2 Å². The van der Waals surface area contributed by atoms with Gasteiger partial charge in [-0.1, -0.05) is 31.2 Å². The van der Waals surface area contributed by atoms with E-state index in [0.29, 0.717) is 11.3 Å². The summed E-state index contributed by atoms with van der Waals surface area (Å²) in [5, 5.41) is 3.09. The predicted octanol–water partition coefficient (Wildman–Crippen LogP) is 4.36. The Morgan fingerprint density at radius 3 is 2.33 bits per heavy atom. The summed E-state index contributed by atoms with van der Waals surface area (Å²) in [7, 11) is 1.64. The first-order valence-electron chi connectivity index (χ1n) is 8.25. The average Bonchev–Trinajstić information content (AvgIpc) is 2.59. The number of nitrogens with one attached hydrogen (secondary N) is 1. The zero-order valence-electron chi connectivity index (χ0n) is 14.7. The Morgan fingerprint density at radius 1 is 1.08 bits per heavy atom. The number of carbonyl (C=O) groups is 1. The van der Waals surface area contributed by atoms with E-state index in [1.807, 2.05) is 63.2 Å². The lowest BCUT2D eigenvalue weighted by Crippen LogP contribution is -2.28. The van der Waals surface area contributed by atoms with Crippen LogP contribution in [0.3, 0.4) is 0 Å². The minimum atomic E-state index is -0.131. The maximum atomic E-state index is 12.7. The summed E-state index contributed by atoms with van der Waals surface area (Å²) in [6.45, 7) is 5.94. The van der Waals surface area contributed by atoms with Crippen molar-refractivity contribution in [3.05, 3.63) is 59.7 Å². The van der Waals surface area contributed by atoms with Gasteiger partial charge in [-0.15, -0.1) is 0 Å². The van der Waals surface area contributed by atoms with Crippen molar-refractivity contribution in [3.8, 4) is 11.5 Å². The summed E-state index contributed by atoms with van der Waals surface area (Å²) < 4.78 is 10.9. The fourth-order valence-corrected chi connectivity index (χ4v) is 2.50. The molecule has 2 aromatic rings. The van der Waals surface area contributed by atoms with Crippen molar-refractivity contribution in [2.24, 2.45) is 0 Å². The van der Waals surface area contributed by atoms with Gasteiger partial charge in [-0.25, -0.2) is 0 Å². The number of hydrogen-bond acceptors (Lipinski definition) is 3. The van der Waals surface area contributed by atoms with Gasteiger partial charge < -0.3 is 14.8 Å². The quantitative estimate of drug-likeness (QED) is 0.822. The van der Waals surface area contributed by atoms with E-state index in [4.69, 9.17) is 9.47 Å². The molecule has 1 amide bonds. The summed E-state index contributed by atoms with van der Waals surface area (Å²) in [5.41, 5.74) is 1.60. The number of benzene rings is 2. The molecule has 0 spiro atoms. The molecular weight excluding hydrogens is 302 g/mol. The van der Waals surface area contributed by atoms with Crippen LogP contribution in [-0.2, 0) is 0 Å². The minimum absolute atomic E-state index is 0.0162. The lowest BCUT2D eigenvalue weighted by atomic mass is 10.0. The summed E-state index contributed by atoms with van der Waals surface area (Å²) in [5.74, 6) is 1.28. The van der Waals surface area contributed by atoms with Gasteiger partial charge in [0.1, 0.15) is 11.5 Å². The Bertz CT molecular complexity index is 665. The molecule has 4 heteroatoms. The number of rotatable bonds is 7. The second-order valence-electron chi connectivity index (χ2n) is 5.87. The van der Waals surface area contributed by atoms with E-state index in [2.05, 4.69) is 5.32 Å². The Hall–Kier alpha value is -2.49. The van der Waals surface area contributed by atoms with Crippen LogP contribution in [-0.4, -0.2) is 19.1 Å². The fourth-order valence-electron chi connectivity index (χ4n) is 2.50. The SMILES string of the molecule is CCC(NC(=O)c1ccccc1OC(C)C)c1ccc(OC)cc1. The zero-order valence-corrected chi connectivity index (χ0v) is 14.7.